The van der Waals surface area contributed by atoms with Gasteiger partial charge in [0.05, 0.1) is 0 Å². The van der Waals surface area contributed by atoms with Crippen molar-refractivity contribution in [1.29, 1.82) is 0 Å². The smallest absolute Gasteiger partial charge is 0.137 e. The minimum Gasteiger partial charge on any atom is -0.304 e. The summed E-state index contributed by atoms with van der Waals surface area (Å²) in [5.74, 6) is 0. The quantitative estimate of drug-likeness (QED) is 0.577. The zero-order valence-corrected chi connectivity index (χ0v) is 7.63. The Balaban J connectivity index is 2.94. The molecule has 2 heteroatoms. The number of hydrogen-bond donors (Lipinski definition) is 0. The van der Waals surface area contributed by atoms with Crippen molar-refractivity contribution in [3.05, 3.63) is 35.3 Å². The van der Waals surface area contributed by atoms with Crippen LogP contribution in [0.1, 0.15) is 16.8 Å². The van der Waals surface area contributed by atoms with E-state index in [1.807, 2.05) is 12.4 Å². The second-order valence-electron chi connectivity index (χ2n) is 3.19. The van der Waals surface area contributed by atoms with E-state index < -0.39 is 0 Å². The Morgan fingerprint density at radius 3 is 2.75 bits per heavy atom. The second kappa shape index (κ2) is 2.34. The van der Waals surface area contributed by atoms with Crippen LogP contribution in [0, 0.1) is 20.8 Å². The maximum absolute atomic E-state index is 4.24. The lowest BCUT2D eigenvalue weighted by Gasteiger charge is -2.06. The summed E-state index contributed by atoms with van der Waals surface area (Å²) in [6.07, 6.45) is 3.83. The van der Waals surface area contributed by atoms with Crippen molar-refractivity contribution in [2.75, 3.05) is 0 Å². The monoisotopic (exact) mass is 160 g/mol. The van der Waals surface area contributed by atoms with Crippen LogP contribution in [0.3, 0.4) is 0 Å². The van der Waals surface area contributed by atoms with Crippen LogP contribution in [-0.4, -0.2) is 9.38 Å². The molecule has 0 bridgehead atoms. The van der Waals surface area contributed by atoms with Crippen LogP contribution in [0.5, 0.6) is 0 Å². The number of fused-ring (bicyclic) bond motifs is 1. The lowest BCUT2D eigenvalue weighted by atomic mass is 10.1. The van der Waals surface area contributed by atoms with Gasteiger partial charge in [0.1, 0.15) is 5.65 Å². The first kappa shape index (κ1) is 7.35. The van der Waals surface area contributed by atoms with Gasteiger partial charge in [-0.15, -0.1) is 0 Å². The van der Waals surface area contributed by atoms with E-state index in [-0.39, 0.29) is 0 Å². The SMILES string of the molecule is Cc1cc2nccn2c(C)c1C. The van der Waals surface area contributed by atoms with Crippen molar-refractivity contribution in [2.45, 2.75) is 20.8 Å². The van der Waals surface area contributed by atoms with Crippen molar-refractivity contribution < 1.29 is 0 Å². The third-order valence-corrected chi connectivity index (χ3v) is 2.51. The molecule has 0 saturated heterocycles. The fourth-order valence-electron chi connectivity index (χ4n) is 1.47. The van der Waals surface area contributed by atoms with Crippen LogP contribution in [0.4, 0.5) is 0 Å². The number of nitrogens with zero attached hydrogens (tertiary/aromatic N) is 2. The highest BCUT2D eigenvalue weighted by Crippen LogP contribution is 2.14. The lowest BCUT2D eigenvalue weighted by Crippen LogP contribution is -1.95. The van der Waals surface area contributed by atoms with Gasteiger partial charge in [0.25, 0.3) is 0 Å². The number of hydrogen-bond acceptors (Lipinski definition) is 1. The summed E-state index contributed by atoms with van der Waals surface area (Å²) in [6, 6.07) is 2.11. The summed E-state index contributed by atoms with van der Waals surface area (Å²) in [6.45, 7) is 6.39. The third-order valence-electron chi connectivity index (χ3n) is 2.51. The molecule has 2 aromatic rings. The molecule has 0 aliphatic heterocycles. The summed E-state index contributed by atoms with van der Waals surface area (Å²) in [4.78, 5) is 4.24. The Kier molecular flexibility index (Phi) is 1.43. The maximum atomic E-state index is 4.24. The predicted molar refractivity (Wildman–Crippen MR) is 49.4 cm³/mol. The molecule has 0 amide bonds. The molecular formula is C10H12N2. The molecule has 0 saturated carbocycles. The predicted octanol–water partition coefficient (Wildman–Crippen LogP) is 2.26. The number of pyridine rings is 1. The molecule has 0 unspecified atom stereocenters. The molecule has 2 aromatic heterocycles. The summed E-state index contributed by atoms with van der Waals surface area (Å²) < 4.78 is 2.11. The van der Waals surface area contributed by atoms with E-state index in [1.165, 1.54) is 16.8 Å². The molecule has 0 aromatic carbocycles. The fraction of sp³-hybridized carbons (Fsp3) is 0.300. The minimum absolute atomic E-state index is 1.04. The van der Waals surface area contributed by atoms with E-state index in [2.05, 4.69) is 36.2 Å². The zero-order valence-electron chi connectivity index (χ0n) is 7.63. The normalized spacial score (nSPS) is 10.9. The average molecular weight is 160 g/mol. The summed E-state index contributed by atoms with van der Waals surface area (Å²) in [7, 11) is 0. The average Bonchev–Trinajstić information content (AvgIpc) is 2.48. The largest absolute Gasteiger partial charge is 0.304 e. The molecule has 62 valence electrons. The van der Waals surface area contributed by atoms with Crippen LogP contribution >= 0.6 is 0 Å². The molecule has 0 radical (unpaired) electrons. The molecular weight excluding hydrogens is 148 g/mol. The first-order valence-electron chi connectivity index (χ1n) is 4.10. The van der Waals surface area contributed by atoms with Gasteiger partial charge in [0, 0.05) is 18.1 Å². The van der Waals surface area contributed by atoms with Crippen molar-refractivity contribution >= 4 is 5.65 Å². The number of aromatic nitrogens is 2. The molecule has 0 atom stereocenters. The van der Waals surface area contributed by atoms with Gasteiger partial charge in [-0.3, -0.25) is 0 Å². The fourth-order valence-corrected chi connectivity index (χ4v) is 1.47. The minimum atomic E-state index is 1.04. The lowest BCUT2D eigenvalue weighted by molar-refractivity contribution is 1.05. The molecule has 2 nitrogen and oxygen atoms in total. The van der Waals surface area contributed by atoms with Crippen molar-refractivity contribution in [3.63, 3.8) is 0 Å². The number of imidazole rings is 1. The van der Waals surface area contributed by atoms with Crippen LogP contribution in [-0.2, 0) is 0 Å². The molecule has 0 N–H and O–H groups in total. The van der Waals surface area contributed by atoms with Crippen LogP contribution < -0.4 is 0 Å². The van der Waals surface area contributed by atoms with E-state index in [9.17, 15) is 0 Å². The maximum Gasteiger partial charge on any atom is 0.137 e. The standard InChI is InChI=1S/C10H12N2/c1-7-6-10-11-4-5-12(10)9(3)8(7)2/h4-6H,1-3H3. The summed E-state index contributed by atoms with van der Waals surface area (Å²) in [5.41, 5.74) is 4.98. The van der Waals surface area contributed by atoms with Gasteiger partial charge in [-0.05, 0) is 38.0 Å². The van der Waals surface area contributed by atoms with Gasteiger partial charge in [-0.25, -0.2) is 4.98 Å². The Morgan fingerprint density at radius 2 is 2.00 bits per heavy atom. The third kappa shape index (κ3) is 0.843. The van der Waals surface area contributed by atoms with Crippen molar-refractivity contribution in [2.24, 2.45) is 0 Å². The van der Waals surface area contributed by atoms with Gasteiger partial charge in [0.15, 0.2) is 0 Å². The highest BCUT2D eigenvalue weighted by molar-refractivity contribution is 5.46. The molecule has 0 spiro atoms. The van der Waals surface area contributed by atoms with Crippen LogP contribution in [0.15, 0.2) is 18.5 Å². The van der Waals surface area contributed by atoms with Crippen molar-refractivity contribution in [1.82, 2.24) is 9.38 Å². The topological polar surface area (TPSA) is 17.3 Å². The molecule has 2 rings (SSSR count). The number of aryl methyl sites for hydroxylation is 2. The highest BCUT2D eigenvalue weighted by atomic mass is 15.0. The van der Waals surface area contributed by atoms with E-state index in [0.29, 0.717) is 0 Å². The van der Waals surface area contributed by atoms with Gasteiger partial charge >= 0.3 is 0 Å². The molecule has 12 heavy (non-hydrogen) atoms. The number of rotatable bonds is 0. The zero-order chi connectivity index (χ0) is 8.72. The van der Waals surface area contributed by atoms with Crippen LogP contribution in [0.2, 0.25) is 0 Å². The highest BCUT2D eigenvalue weighted by Gasteiger charge is 2.02. The van der Waals surface area contributed by atoms with Gasteiger partial charge in [-0.2, -0.15) is 0 Å². The van der Waals surface area contributed by atoms with Gasteiger partial charge < -0.3 is 4.40 Å². The Labute approximate surface area is 71.9 Å². The van der Waals surface area contributed by atoms with Gasteiger partial charge in [0.2, 0.25) is 0 Å². The Morgan fingerprint density at radius 1 is 1.25 bits per heavy atom. The van der Waals surface area contributed by atoms with E-state index in [1.54, 1.807) is 0 Å². The van der Waals surface area contributed by atoms with Gasteiger partial charge in [-0.1, -0.05) is 0 Å². The molecule has 0 aliphatic carbocycles. The van der Waals surface area contributed by atoms with Crippen LogP contribution in [0.25, 0.3) is 5.65 Å². The molecule has 0 aliphatic rings. The molecule has 0 fully saturated rings. The summed E-state index contributed by atoms with van der Waals surface area (Å²) >= 11 is 0. The van der Waals surface area contributed by atoms with E-state index >= 15 is 0 Å². The second-order valence-corrected chi connectivity index (χ2v) is 3.19. The Hall–Kier alpha value is -1.31. The Bertz CT molecular complexity index is 427. The first-order valence-corrected chi connectivity index (χ1v) is 4.10. The van der Waals surface area contributed by atoms with E-state index in [0.717, 1.165) is 5.65 Å². The van der Waals surface area contributed by atoms with E-state index in [4.69, 9.17) is 0 Å². The van der Waals surface area contributed by atoms with Crippen molar-refractivity contribution in [3.8, 4) is 0 Å². The first-order chi connectivity index (χ1) is 5.70. The summed E-state index contributed by atoms with van der Waals surface area (Å²) in [5, 5.41) is 0. The molecule has 2 heterocycles.